The molecule has 1 spiro atoms. The molecule has 1 aromatic rings. The van der Waals surface area contributed by atoms with E-state index in [1.807, 2.05) is 54.3 Å². The zero-order valence-corrected chi connectivity index (χ0v) is 26.4. The van der Waals surface area contributed by atoms with Crippen LogP contribution in [0.3, 0.4) is 0 Å². The number of rotatable bonds is 10. The van der Waals surface area contributed by atoms with Gasteiger partial charge in [0.05, 0.1) is 24.0 Å². The number of carbonyl (C=O) groups excluding carboxylic acids is 4. The lowest BCUT2D eigenvalue weighted by Crippen LogP contribution is -2.56. The molecule has 0 bridgehead atoms. The number of nitrogens with zero attached hydrogens (tertiary/aromatic N) is 2. The number of hydrogen-bond acceptors (Lipinski definition) is 7. The lowest BCUT2D eigenvalue weighted by molar-refractivity contribution is -0.149. The minimum Gasteiger partial charge on any atom is -0.463 e. The second kappa shape index (κ2) is 14.7. The van der Waals surface area contributed by atoms with E-state index in [0.29, 0.717) is 32.4 Å². The summed E-state index contributed by atoms with van der Waals surface area (Å²) in [6.45, 7) is 4.97. The molecule has 1 aromatic carbocycles. The van der Waals surface area contributed by atoms with E-state index in [4.69, 9.17) is 9.47 Å². The van der Waals surface area contributed by atoms with Gasteiger partial charge in [-0.3, -0.25) is 19.2 Å². The van der Waals surface area contributed by atoms with Crippen molar-refractivity contribution < 1.29 is 33.8 Å². The van der Waals surface area contributed by atoms with Crippen LogP contribution in [-0.2, 0) is 28.7 Å². The third kappa shape index (κ3) is 6.72. The number of carbonyl (C=O) groups is 4. The number of benzene rings is 1. The predicted molar refractivity (Wildman–Crippen MR) is 168 cm³/mol. The lowest BCUT2D eigenvalue weighted by Gasteiger charge is -2.37. The van der Waals surface area contributed by atoms with E-state index in [1.54, 1.807) is 17.1 Å². The summed E-state index contributed by atoms with van der Waals surface area (Å²) in [4.78, 5) is 59.3. The van der Waals surface area contributed by atoms with Crippen molar-refractivity contribution in [3.8, 4) is 0 Å². The van der Waals surface area contributed by atoms with Crippen molar-refractivity contribution in [2.75, 3.05) is 26.3 Å². The minimum atomic E-state index is -1.31. The summed E-state index contributed by atoms with van der Waals surface area (Å²) in [7, 11) is 0. The van der Waals surface area contributed by atoms with Gasteiger partial charge in [-0.25, -0.2) is 0 Å². The molecular weight excluding hydrogens is 574 g/mol. The Morgan fingerprint density at radius 1 is 1.04 bits per heavy atom. The highest BCUT2D eigenvalue weighted by Crippen LogP contribution is 2.53. The number of fused-ring (bicyclic) bond motifs is 2. The number of aliphatic hydroxyl groups excluding tert-OH is 1. The molecule has 2 N–H and O–H groups in total. The van der Waals surface area contributed by atoms with E-state index in [0.717, 1.165) is 31.2 Å². The summed E-state index contributed by atoms with van der Waals surface area (Å²) in [5, 5.41) is 12.3. The van der Waals surface area contributed by atoms with E-state index >= 15 is 0 Å². The fraction of sp³-hybridized carbons (Fsp3) is 0.600. The summed E-state index contributed by atoms with van der Waals surface area (Å²) >= 11 is 0. The normalized spacial score (nSPS) is 31.6. The molecule has 7 atom stereocenters. The smallest absolute Gasteiger partial charge is 0.306 e. The molecule has 10 heteroatoms. The molecule has 5 rings (SSSR count). The monoisotopic (exact) mass is 621 g/mol. The molecular formula is C35H47N3O7. The molecule has 2 fully saturated rings. The van der Waals surface area contributed by atoms with Gasteiger partial charge in [0.2, 0.25) is 17.7 Å². The van der Waals surface area contributed by atoms with E-state index < -0.39 is 35.6 Å². The summed E-state index contributed by atoms with van der Waals surface area (Å²) < 4.78 is 12.4. The minimum absolute atomic E-state index is 0.0233. The predicted octanol–water partition coefficient (Wildman–Crippen LogP) is 3.46. The van der Waals surface area contributed by atoms with Crippen molar-refractivity contribution in [1.29, 1.82) is 0 Å². The van der Waals surface area contributed by atoms with Gasteiger partial charge in [-0.15, -0.1) is 0 Å². The topological polar surface area (TPSA) is 125 Å². The van der Waals surface area contributed by atoms with Crippen LogP contribution >= 0.6 is 0 Å². The summed E-state index contributed by atoms with van der Waals surface area (Å²) in [6.07, 6.45) is 11.9. The average molecular weight is 622 g/mol. The Morgan fingerprint density at radius 3 is 2.58 bits per heavy atom. The zero-order valence-electron chi connectivity index (χ0n) is 26.4. The maximum absolute atomic E-state index is 14.5. The van der Waals surface area contributed by atoms with Crippen molar-refractivity contribution in [2.45, 2.75) is 95.0 Å². The first-order chi connectivity index (χ1) is 21.8. The van der Waals surface area contributed by atoms with Crippen LogP contribution in [0.25, 0.3) is 0 Å². The first-order valence-corrected chi connectivity index (χ1v) is 16.6. The third-order valence-corrected chi connectivity index (χ3v) is 9.64. The highest BCUT2D eigenvalue weighted by atomic mass is 16.5. The second-order valence-electron chi connectivity index (χ2n) is 12.7. The number of aliphatic hydroxyl groups is 1. The molecule has 4 aliphatic rings. The SMILES string of the molecule is CCCC(C)N1CC=C[C@]23O[C@@H]4/C=C\CCC(=O)OC[C@@H](c5ccccc5)NC(=O)[C@@H]4[C@H]2C(=O)N(CCCCCCO)[C@@H]3C1=O. The van der Waals surface area contributed by atoms with Crippen molar-refractivity contribution in [2.24, 2.45) is 11.8 Å². The van der Waals surface area contributed by atoms with Crippen LogP contribution in [0, 0.1) is 11.8 Å². The second-order valence-corrected chi connectivity index (χ2v) is 12.7. The third-order valence-electron chi connectivity index (χ3n) is 9.64. The number of allylic oxidation sites excluding steroid dienone is 1. The summed E-state index contributed by atoms with van der Waals surface area (Å²) in [5.74, 6) is -2.95. The Bertz CT molecular complexity index is 1280. The summed E-state index contributed by atoms with van der Waals surface area (Å²) in [5.41, 5.74) is -0.534. The van der Waals surface area contributed by atoms with Crippen LogP contribution in [0.5, 0.6) is 0 Å². The Balaban J connectivity index is 1.53. The zero-order chi connectivity index (χ0) is 32.0. The Hall–Kier alpha value is -3.50. The van der Waals surface area contributed by atoms with E-state index in [1.165, 1.54) is 0 Å². The van der Waals surface area contributed by atoms with Crippen LogP contribution in [0.15, 0.2) is 54.6 Å². The number of amides is 3. The molecule has 1 unspecified atom stereocenters. The Labute approximate surface area is 265 Å². The maximum Gasteiger partial charge on any atom is 0.306 e. The van der Waals surface area contributed by atoms with Crippen molar-refractivity contribution >= 4 is 23.7 Å². The number of cyclic esters (lactones) is 1. The molecule has 0 aliphatic carbocycles. The van der Waals surface area contributed by atoms with E-state index in [-0.39, 0.29) is 49.4 Å². The van der Waals surface area contributed by atoms with Crippen molar-refractivity contribution in [3.63, 3.8) is 0 Å². The molecule has 244 valence electrons. The largest absolute Gasteiger partial charge is 0.463 e. The lowest BCUT2D eigenvalue weighted by atomic mass is 9.77. The highest BCUT2D eigenvalue weighted by molar-refractivity contribution is 5.99. The van der Waals surface area contributed by atoms with Gasteiger partial charge in [-0.2, -0.15) is 0 Å². The van der Waals surface area contributed by atoms with Crippen LogP contribution in [-0.4, -0.2) is 88.7 Å². The molecule has 0 saturated carbocycles. The molecule has 4 aliphatic heterocycles. The maximum atomic E-state index is 14.5. The molecule has 2 saturated heterocycles. The molecule has 4 heterocycles. The summed E-state index contributed by atoms with van der Waals surface area (Å²) in [6, 6.07) is 7.78. The van der Waals surface area contributed by atoms with Gasteiger partial charge in [0.15, 0.2) is 0 Å². The Kier molecular flexibility index (Phi) is 10.8. The van der Waals surface area contributed by atoms with Crippen molar-refractivity contribution in [3.05, 3.63) is 60.2 Å². The fourth-order valence-corrected chi connectivity index (χ4v) is 7.41. The quantitative estimate of drug-likeness (QED) is 0.233. The van der Waals surface area contributed by atoms with Crippen LogP contribution < -0.4 is 5.32 Å². The van der Waals surface area contributed by atoms with E-state index in [9.17, 15) is 24.3 Å². The van der Waals surface area contributed by atoms with E-state index in [2.05, 4.69) is 12.2 Å². The molecule has 45 heavy (non-hydrogen) atoms. The molecule has 3 amide bonds. The number of hydrogen-bond donors (Lipinski definition) is 2. The standard InChI is InChI=1S/C35H47N3O7/c1-3-14-24(2)37-21-13-19-35-30(33(42)38(31(35)34(37)43)20-11-4-5-12-22-39)29-27(45-35)17-9-10-18-28(40)44-23-26(36-32(29)41)25-15-7-6-8-16-25/h6-9,13,15-17,19,24,26-27,29-31,39H,3-5,10-12,14,18,20-23H2,1-2H3,(H,36,41)/b17-9-/t24?,26-,27+,29-,30-,31+,35-/m0/s1. The van der Waals surface area contributed by atoms with Gasteiger partial charge in [0.1, 0.15) is 18.2 Å². The number of nitrogens with one attached hydrogen (secondary N) is 1. The van der Waals surface area contributed by atoms with Gasteiger partial charge in [0, 0.05) is 32.2 Å². The first-order valence-electron chi connectivity index (χ1n) is 16.6. The number of esters is 1. The highest BCUT2D eigenvalue weighted by Gasteiger charge is 2.71. The molecule has 0 radical (unpaired) electrons. The van der Waals surface area contributed by atoms with Gasteiger partial charge in [-0.05, 0) is 38.2 Å². The van der Waals surface area contributed by atoms with Crippen LogP contribution in [0.1, 0.15) is 76.8 Å². The number of unbranched alkanes of at least 4 members (excludes halogenated alkanes) is 3. The molecule has 10 nitrogen and oxygen atoms in total. The molecule has 0 aromatic heterocycles. The Morgan fingerprint density at radius 2 is 1.82 bits per heavy atom. The van der Waals surface area contributed by atoms with Gasteiger partial charge in [0.25, 0.3) is 0 Å². The van der Waals surface area contributed by atoms with Crippen LogP contribution in [0.4, 0.5) is 0 Å². The van der Waals surface area contributed by atoms with Crippen molar-refractivity contribution in [1.82, 2.24) is 15.1 Å². The van der Waals surface area contributed by atoms with Gasteiger partial charge in [-0.1, -0.05) is 80.8 Å². The number of ether oxygens (including phenoxy) is 2. The van der Waals surface area contributed by atoms with Gasteiger partial charge >= 0.3 is 5.97 Å². The fourth-order valence-electron chi connectivity index (χ4n) is 7.41. The average Bonchev–Trinajstić information content (AvgIpc) is 3.41. The van der Waals surface area contributed by atoms with Crippen LogP contribution in [0.2, 0.25) is 0 Å². The van der Waals surface area contributed by atoms with Gasteiger partial charge < -0.3 is 29.7 Å². The first kappa shape index (κ1) is 32.9. The number of likely N-dealkylation sites (tertiary alicyclic amines) is 1.